The summed E-state index contributed by atoms with van der Waals surface area (Å²) in [6.45, 7) is 8.11. The van der Waals surface area contributed by atoms with E-state index in [1.165, 1.54) is 0 Å². The molecule has 3 aromatic rings. The van der Waals surface area contributed by atoms with Crippen LogP contribution < -0.4 is 11.1 Å². The third kappa shape index (κ3) is 3.75. The minimum atomic E-state index is -0.666. The Morgan fingerprint density at radius 1 is 1.24 bits per heavy atom. The van der Waals surface area contributed by atoms with Crippen LogP contribution in [-0.2, 0) is 13.1 Å². The average Bonchev–Trinajstić information content (AvgIpc) is 2.91. The maximum absolute atomic E-state index is 10.0. The van der Waals surface area contributed by atoms with Crippen molar-refractivity contribution in [1.82, 2.24) is 19.9 Å². The second kappa shape index (κ2) is 6.98. The summed E-state index contributed by atoms with van der Waals surface area (Å²) in [5.74, 6) is 1.42. The third-order valence-electron chi connectivity index (χ3n) is 4.39. The van der Waals surface area contributed by atoms with E-state index >= 15 is 0 Å². The number of nitrogens with two attached hydrogens (primary N) is 1. The van der Waals surface area contributed by atoms with Crippen molar-refractivity contribution >= 4 is 27.8 Å². The smallest absolute Gasteiger partial charge is 0.152 e. The van der Waals surface area contributed by atoms with Crippen molar-refractivity contribution in [1.29, 1.82) is 0 Å². The van der Waals surface area contributed by atoms with E-state index in [-0.39, 0.29) is 0 Å². The summed E-state index contributed by atoms with van der Waals surface area (Å²) in [5, 5.41) is 14.4. The SMILES string of the molecule is CCNCc1nc2c(N)nc3ccccc3c2n1CCCC(C)(C)O. The van der Waals surface area contributed by atoms with Gasteiger partial charge in [0.2, 0.25) is 0 Å². The molecule has 0 amide bonds. The first-order chi connectivity index (χ1) is 11.9. The molecule has 2 aromatic heterocycles. The van der Waals surface area contributed by atoms with Crippen molar-refractivity contribution in [3.63, 3.8) is 0 Å². The molecule has 0 atom stereocenters. The van der Waals surface area contributed by atoms with Gasteiger partial charge in [0.1, 0.15) is 11.3 Å². The zero-order chi connectivity index (χ0) is 18.0. The fraction of sp³-hybridized carbons (Fsp3) is 0.474. The van der Waals surface area contributed by atoms with Crippen LogP contribution in [0.5, 0.6) is 0 Å². The molecule has 25 heavy (non-hydrogen) atoms. The number of aromatic nitrogens is 3. The fourth-order valence-electron chi connectivity index (χ4n) is 3.19. The number of aliphatic hydroxyl groups is 1. The van der Waals surface area contributed by atoms with Gasteiger partial charge in [-0.2, -0.15) is 0 Å². The molecule has 0 saturated heterocycles. The van der Waals surface area contributed by atoms with E-state index in [0.717, 1.165) is 53.7 Å². The summed E-state index contributed by atoms with van der Waals surface area (Å²) in [4.78, 5) is 9.27. The molecule has 0 unspecified atom stereocenters. The molecular weight excluding hydrogens is 314 g/mol. The summed E-state index contributed by atoms with van der Waals surface area (Å²) in [6.07, 6.45) is 1.59. The number of para-hydroxylation sites is 1. The highest BCUT2D eigenvalue weighted by molar-refractivity contribution is 6.06. The Hall–Kier alpha value is -2.18. The molecule has 0 fully saturated rings. The Bertz CT molecular complexity index is 879. The molecule has 3 rings (SSSR count). The maximum atomic E-state index is 10.0. The molecule has 6 nitrogen and oxygen atoms in total. The van der Waals surface area contributed by atoms with Crippen LogP contribution in [0.15, 0.2) is 24.3 Å². The Morgan fingerprint density at radius 3 is 2.72 bits per heavy atom. The Morgan fingerprint density at radius 2 is 2.00 bits per heavy atom. The molecule has 0 spiro atoms. The number of nitrogens with zero attached hydrogens (tertiary/aromatic N) is 3. The van der Waals surface area contributed by atoms with E-state index in [1.54, 1.807) is 0 Å². The molecular formula is C19H27N5O. The van der Waals surface area contributed by atoms with Crippen molar-refractivity contribution in [2.45, 2.75) is 52.3 Å². The van der Waals surface area contributed by atoms with Crippen molar-refractivity contribution in [3.8, 4) is 0 Å². The van der Waals surface area contributed by atoms with E-state index in [2.05, 4.69) is 27.9 Å². The molecule has 1 aromatic carbocycles. The average molecular weight is 341 g/mol. The number of nitrogens with one attached hydrogen (secondary N) is 1. The largest absolute Gasteiger partial charge is 0.390 e. The monoisotopic (exact) mass is 341 g/mol. The summed E-state index contributed by atoms with van der Waals surface area (Å²) in [7, 11) is 0. The van der Waals surface area contributed by atoms with Gasteiger partial charge in [-0.15, -0.1) is 0 Å². The van der Waals surface area contributed by atoms with Crippen LogP contribution in [0.1, 0.15) is 39.4 Å². The molecule has 4 N–H and O–H groups in total. The first kappa shape index (κ1) is 17.6. The summed E-state index contributed by atoms with van der Waals surface area (Å²) < 4.78 is 2.23. The summed E-state index contributed by atoms with van der Waals surface area (Å²) >= 11 is 0. The van der Waals surface area contributed by atoms with Crippen LogP contribution in [-0.4, -0.2) is 31.8 Å². The number of pyridine rings is 1. The zero-order valence-corrected chi connectivity index (χ0v) is 15.2. The predicted molar refractivity (Wildman–Crippen MR) is 102 cm³/mol. The van der Waals surface area contributed by atoms with Crippen LogP contribution in [0.3, 0.4) is 0 Å². The molecule has 0 aliphatic heterocycles. The standard InChI is InChI=1S/C19H27N5O/c1-4-21-12-15-23-16-17(24(15)11-7-10-19(2,3)25)13-8-5-6-9-14(13)22-18(16)20/h5-6,8-9,21,25H,4,7,10-12H2,1-3H3,(H2,20,22). The zero-order valence-electron chi connectivity index (χ0n) is 15.2. The summed E-state index contributed by atoms with van der Waals surface area (Å²) in [6, 6.07) is 8.02. The lowest BCUT2D eigenvalue weighted by atomic mass is 10.0. The number of nitrogen functional groups attached to an aromatic ring is 1. The topological polar surface area (TPSA) is 89.0 Å². The first-order valence-electron chi connectivity index (χ1n) is 8.87. The van der Waals surface area contributed by atoms with Gasteiger partial charge < -0.3 is 20.7 Å². The van der Waals surface area contributed by atoms with Crippen LogP contribution >= 0.6 is 0 Å². The Balaban J connectivity index is 2.11. The van der Waals surface area contributed by atoms with Crippen LogP contribution in [0.4, 0.5) is 5.82 Å². The van der Waals surface area contributed by atoms with E-state index < -0.39 is 5.60 Å². The second-order valence-corrected chi connectivity index (χ2v) is 7.09. The molecule has 134 valence electrons. The maximum Gasteiger partial charge on any atom is 0.152 e. The third-order valence-corrected chi connectivity index (χ3v) is 4.39. The number of hydrogen-bond acceptors (Lipinski definition) is 5. The van der Waals surface area contributed by atoms with Crippen LogP contribution in [0.25, 0.3) is 21.9 Å². The molecule has 0 aliphatic carbocycles. The fourth-order valence-corrected chi connectivity index (χ4v) is 3.19. The minimum absolute atomic E-state index is 0.465. The number of hydrogen-bond donors (Lipinski definition) is 3. The highest BCUT2D eigenvalue weighted by atomic mass is 16.3. The number of fused-ring (bicyclic) bond motifs is 3. The van der Waals surface area contributed by atoms with Gasteiger partial charge in [-0.3, -0.25) is 0 Å². The van der Waals surface area contributed by atoms with Crippen molar-refractivity contribution in [2.75, 3.05) is 12.3 Å². The second-order valence-electron chi connectivity index (χ2n) is 7.09. The molecule has 0 aliphatic rings. The normalized spacial score (nSPS) is 12.3. The molecule has 0 bridgehead atoms. The highest BCUT2D eigenvalue weighted by Gasteiger charge is 2.18. The van der Waals surface area contributed by atoms with Gasteiger partial charge in [0.15, 0.2) is 5.82 Å². The predicted octanol–water partition coefficient (Wildman–Crippen LogP) is 2.83. The van der Waals surface area contributed by atoms with Crippen molar-refractivity contribution < 1.29 is 5.11 Å². The molecule has 0 saturated carbocycles. The lowest BCUT2D eigenvalue weighted by Crippen LogP contribution is -2.20. The summed E-state index contributed by atoms with van der Waals surface area (Å²) in [5.41, 5.74) is 8.19. The molecule has 6 heteroatoms. The Kier molecular flexibility index (Phi) is 4.92. The van der Waals surface area contributed by atoms with Gasteiger partial charge >= 0.3 is 0 Å². The van der Waals surface area contributed by atoms with Crippen LogP contribution in [0.2, 0.25) is 0 Å². The lowest BCUT2D eigenvalue weighted by molar-refractivity contribution is 0.0675. The van der Waals surface area contributed by atoms with Crippen molar-refractivity contribution in [3.05, 3.63) is 30.1 Å². The van der Waals surface area contributed by atoms with Crippen LogP contribution in [0, 0.1) is 0 Å². The van der Waals surface area contributed by atoms with Gasteiger partial charge in [-0.25, -0.2) is 9.97 Å². The van der Waals surface area contributed by atoms with Gasteiger partial charge in [-0.1, -0.05) is 25.1 Å². The number of anilines is 1. The minimum Gasteiger partial charge on any atom is -0.390 e. The highest BCUT2D eigenvalue weighted by Crippen LogP contribution is 2.29. The van der Waals surface area contributed by atoms with E-state index in [4.69, 9.17) is 10.7 Å². The number of benzene rings is 1. The lowest BCUT2D eigenvalue weighted by Gasteiger charge is -2.18. The van der Waals surface area contributed by atoms with Crippen molar-refractivity contribution in [2.24, 2.45) is 0 Å². The molecule has 2 heterocycles. The number of aryl methyl sites for hydroxylation is 1. The van der Waals surface area contributed by atoms with Gasteiger partial charge in [0, 0.05) is 11.9 Å². The number of imidazole rings is 1. The van der Waals surface area contributed by atoms with Gasteiger partial charge in [-0.05, 0) is 39.3 Å². The first-order valence-corrected chi connectivity index (χ1v) is 8.87. The van der Waals surface area contributed by atoms with Gasteiger partial charge in [0.25, 0.3) is 0 Å². The Labute approximate surface area is 148 Å². The number of rotatable bonds is 7. The quantitative estimate of drug-likeness (QED) is 0.615. The van der Waals surface area contributed by atoms with Gasteiger partial charge in [0.05, 0.1) is 23.2 Å². The van der Waals surface area contributed by atoms with E-state index in [9.17, 15) is 5.11 Å². The molecule has 0 radical (unpaired) electrons. The van der Waals surface area contributed by atoms with E-state index in [0.29, 0.717) is 12.4 Å². The van der Waals surface area contributed by atoms with E-state index in [1.807, 2.05) is 32.0 Å².